The molecule has 0 spiro atoms. The number of aliphatic hydroxyl groups is 1. The Balaban J connectivity index is 1.89. The standard InChI is InChI=1S/C19H32N2O4/c1-24-18(23)17-15(11-8-6-4-3-5-7-9-14-22)20-19(25-2)21-13-10-12-16(17)21/h15,22H,3-14H2,1-2H3/t15-/m1/s1. The lowest BCUT2D eigenvalue weighted by Gasteiger charge is -2.30. The van der Waals surface area contributed by atoms with Crippen LogP contribution >= 0.6 is 0 Å². The summed E-state index contributed by atoms with van der Waals surface area (Å²) in [5.74, 6) is -0.255. The molecule has 0 bridgehead atoms. The molecule has 0 unspecified atom stereocenters. The van der Waals surface area contributed by atoms with Crippen LogP contribution in [0.25, 0.3) is 0 Å². The van der Waals surface area contributed by atoms with E-state index in [0.29, 0.717) is 12.6 Å². The number of aliphatic imine (C=N–C) groups is 1. The van der Waals surface area contributed by atoms with E-state index in [1.807, 2.05) is 4.90 Å². The number of aliphatic hydroxyl groups excluding tert-OH is 1. The van der Waals surface area contributed by atoms with E-state index in [0.717, 1.165) is 62.8 Å². The summed E-state index contributed by atoms with van der Waals surface area (Å²) in [5.41, 5.74) is 1.76. The van der Waals surface area contributed by atoms with Gasteiger partial charge in [-0.3, -0.25) is 4.90 Å². The van der Waals surface area contributed by atoms with Crippen molar-refractivity contribution < 1.29 is 19.4 Å². The molecule has 0 aliphatic carbocycles. The third kappa shape index (κ3) is 5.21. The first-order chi connectivity index (χ1) is 12.2. The Morgan fingerprint density at radius 1 is 1.16 bits per heavy atom. The smallest absolute Gasteiger partial charge is 0.337 e. The molecule has 1 atom stereocenters. The number of allylic oxidation sites excluding steroid dienone is 1. The highest BCUT2D eigenvalue weighted by Gasteiger charge is 2.37. The number of esters is 1. The number of carbonyl (C=O) groups is 1. The number of unbranched alkanes of at least 4 members (excludes halogenated alkanes) is 6. The highest BCUT2D eigenvalue weighted by atomic mass is 16.5. The van der Waals surface area contributed by atoms with Crippen LogP contribution in [0.1, 0.15) is 64.2 Å². The van der Waals surface area contributed by atoms with Gasteiger partial charge in [-0.15, -0.1) is 0 Å². The molecular formula is C19H32N2O4. The summed E-state index contributed by atoms with van der Waals surface area (Å²) >= 11 is 0. The van der Waals surface area contributed by atoms with E-state index >= 15 is 0 Å². The predicted octanol–water partition coefficient (Wildman–Crippen LogP) is 3.01. The van der Waals surface area contributed by atoms with Crippen molar-refractivity contribution in [1.82, 2.24) is 4.90 Å². The van der Waals surface area contributed by atoms with Crippen LogP contribution in [0.5, 0.6) is 0 Å². The third-order valence-corrected chi connectivity index (χ3v) is 4.99. The van der Waals surface area contributed by atoms with E-state index in [9.17, 15) is 4.79 Å². The molecule has 1 N–H and O–H groups in total. The highest BCUT2D eigenvalue weighted by Crippen LogP contribution is 2.33. The number of methoxy groups -OCH3 is 2. The van der Waals surface area contributed by atoms with Crippen LogP contribution in [-0.4, -0.2) is 55.4 Å². The van der Waals surface area contributed by atoms with Crippen molar-refractivity contribution in [2.45, 2.75) is 70.3 Å². The van der Waals surface area contributed by atoms with Gasteiger partial charge in [-0.2, -0.15) is 0 Å². The van der Waals surface area contributed by atoms with Crippen molar-refractivity contribution in [3.05, 3.63) is 11.3 Å². The number of rotatable bonds is 10. The zero-order valence-corrected chi connectivity index (χ0v) is 15.6. The van der Waals surface area contributed by atoms with Crippen LogP contribution in [0.15, 0.2) is 16.3 Å². The van der Waals surface area contributed by atoms with Crippen LogP contribution in [0.3, 0.4) is 0 Å². The molecule has 1 saturated heterocycles. The molecule has 25 heavy (non-hydrogen) atoms. The van der Waals surface area contributed by atoms with Gasteiger partial charge in [0.15, 0.2) is 0 Å². The molecule has 142 valence electrons. The monoisotopic (exact) mass is 352 g/mol. The summed E-state index contributed by atoms with van der Waals surface area (Å²) in [7, 11) is 3.08. The largest absolute Gasteiger partial charge is 0.468 e. The van der Waals surface area contributed by atoms with E-state index in [2.05, 4.69) is 4.99 Å². The van der Waals surface area contributed by atoms with Gasteiger partial charge in [-0.1, -0.05) is 38.5 Å². The van der Waals surface area contributed by atoms with Crippen molar-refractivity contribution in [3.63, 3.8) is 0 Å². The van der Waals surface area contributed by atoms with Gasteiger partial charge in [0.25, 0.3) is 6.02 Å². The van der Waals surface area contributed by atoms with Gasteiger partial charge >= 0.3 is 5.97 Å². The van der Waals surface area contributed by atoms with E-state index in [-0.39, 0.29) is 12.0 Å². The van der Waals surface area contributed by atoms with Crippen LogP contribution < -0.4 is 0 Å². The zero-order chi connectivity index (χ0) is 18.1. The molecule has 0 aromatic carbocycles. The Labute approximate surface area is 150 Å². The minimum absolute atomic E-state index is 0.152. The van der Waals surface area contributed by atoms with Crippen molar-refractivity contribution in [2.75, 3.05) is 27.4 Å². The van der Waals surface area contributed by atoms with Crippen LogP contribution in [0.4, 0.5) is 0 Å². The molecule has 2 heterocycles. The fourth-order valence-electron chi connectivity index (χ4n) is 3.69. The predicted molar refractivity (Wildman–Crippen MR) is 97.2 cm³/mol. The number of nitrogens with zero attached hydrogens (tertiary/aromatic N) is 2. The van der Waals surface area contributed by atoms with E-state index in [1.54, 1.807) is 7.11 Å². The summed E-state index contributed by atoms with van der Waals surface area (Å²) in [6.45, 7) is 1.15. The maximum absolute atomic E-state index is 12.3. The molecule has 0 aromatic heterocycles. The van der Waals surface area contributed by atoms with Gasteiger partial charge in [-0.05, 0) is 25.7 Å². The topological polar surface area (TPSA) is 71.4 Å². The molecular weight excluding hydrogens is 320 g/mol. The molecule has 6 heteroatoms. The second-order valence-corrected chi connectivity index (χ2v) is 6.73. The lowest BCUT2D eigenvalue weighted by atomic mass is 9.96. The Bertz CT molecular complexity index is 502. The SMILES string of the molecule is COC(=O)C1=C2CCCN2C(OC)=N[C@@H]1CCCCCCCCCO. The summed E-state index contributed by atoms with van der Waals surface area (Å²) in [5, 5.41) is 8.78. The molecule has 2 rings (SSSR count). The number of ether oxygens (including phenoxy) is 2. The maximum Gasteiger partial charge on any atom is 0.337 e. The quantitative estimate of drug-likeness (QED) is 0.483. The second-order valence-electron chi connectivity index (χ2n) is 6.73. The second kappa shape index (κ2) is 10.4. The van der Waals surface area contributed by atoms with Crippen molar-refractivity contribution in [1.29, 1.82) is 0 Å². The molecule has 6 nitrogen and oxygen atoms in total. The normalized spacial score (nSPS) is 19.7. The summed E-state index contributed by atoms with van der Waals surface area (Å²) < 4.78 is 10.5. The van der Waals surface area contributed by atoms with Crippen molar-refractivity contribution in [2.24, 2.45) is 4.99 Å². The lowest BCUT2D eigenvalue weighted by Crippen LogP contribution is -2.37. The fourth-order valence-corrected chi connectivity index (χ4v) is 3.69. The molecule has 2 aliphatic rings. The zero-order valence-electron chi connectivity index (χ0n) is 15.6. The summed E-state index contributed by atoms with van der Waals surface area (Å²) in [6, 6.07) is 0.482. The Morgan fingerprint density at radius 3 is 2.48 bits per heavy atom. The average molecular weight is 352 g/mol. The third-order valence-electron chi connectivity index (χ3n) is 4.99. The first-order valence-corrected chi connectivity index (χ1v) is 9.54. The van der Waals surface area contributed by atoms with Gasteiger partial charge < -0.3 is 14.6 Å². The minimum Gasteiger partial charge on any atom is -0.468 e. The lowest BCUT2D eigenvalue weighted by molar-refractivity contribution is -0.136. The van der Waals surface area contributed by atoms with Crippen LogP contribution in [0, 0.1) is 0 Å². The number of hydrogen-bond donors (Lipinski definition) is 1. The first kappa shape index (κ1) is 19.8. The average Bonchev–Trinajstić information content (AvgIpc) is 3.11. The molecule has 2 aliphatic heterocycles. The number of carbonyl (C=O) groups excluding carboxylic acids is 1. The van der Waals surface area contributed by atoms with E-state index < -0.39 is 0 Å². The van der Waals surface area contributed by atoms with Crippen molar-refractivity contribution >= 4 is 12.0 Å². The van der Waals surface area contributed by atoms with E-state index in [1.165, 1.54) is 26.4 Å². The molecule has 1 fully saturated rings. The number of hydrogen-bond acceptors (Lipinski definition) is 6. The van der Waals surface area contributed by atoms with E-state index in [4.69, 9.17) is 14.6 Å². The summed E-state index contributed by atoms with van der Waals surface area (Å²) in [4.78, 5) is 19.0. The highest BCUT2D eigenvalue weighted by molar-refractivity contribution is 5.94. The molecule has 0 aromatic rings. The Kier molecular flexibility index (Phi) is 8.25. The van der Waals surface area contributed by atoms with Gasteiger partial charge in [-0.25, -0.2) is 9.79 Å². The first-order valence-electron chi connectivity index (χ1n) is 9.54. The minimum atomic E-state index is -0.255. The van der Waals surface area contributed by atoms with Crippen LogP contribution in [-0.2, 0) is 14.3 Å². The van der Waals surface area contributed by atoms with Gasteiger partial charge in [0.05, 0.1) is 25.8 Å². The van der Waals surface area contributed by atoms with Crippen molar-refractivity contribution in [3.8, 4) is 0 Å². The Morgan fingerprint density at radius 2 is 1.84 bits per heavy atom. The maximum atomic E-state index is 12.3. The van der Waals surface area contributed by atoms with Gasteiger partial charge in [0, 0.05) is 18.8 Å². The molecule has 0 amide bonds. The van der Waals surface area contributed by atoms with Gasteiger partial charge in [0.2, 0.25) is 0 Å². The number of fused-ring (bicyclic) bond motifs is 1. The molecule has 0 radical (unpaired) electrons. The number of amidine groups is 1. The molecule has 0 saturated carbocycles. The van der Waals surface area contributed by atoms with Gasteiger partial charge in [0.1, 0.15) is 0 Å². The Hall–Kier alpha value is -1.56. The summed E-state index contributed by atoms with van der Waals surface area (Å²) in [6.07, 6.45) is 10.5. The fraction of sp³-hybridized carbons (Fsp3) is 0.789. The van der Waals surface area contributed by atoms with Crippen LogP contribution in [0.2, 0.25) is 0 Å².